The summed E-state index contributed by atoms with van der Waals surface area (Å²) in [7, 11) is -2.22. The third kappa shape index (κ3) is 6.34. The van der Waals surface area contributed by atoms with Crippen LogP contribution in [-0.2, 0) is 9.84 Å². The van der Waals surface area contributed by atoms with E-state index in [1.165, 1.54) is 31.8 Å². The lowest BCUT2D eigenvalue weighted by Crippen LogP contribution is -2.28. The maximum atomic E-state index is 12.6. The van der Waals surface area contributed by atoms with E-state index in [0.717, 1.165) is 49.4 Å². The van der Waals surface area contributed by atoms with Gasteiger partial charge in [-0.05, 0) is 75.8 Å². The Morgan fingerprint density at radius 2 is 2.05 bits per heavy atom. The Bertz CT molecular complexity index is 1300. The molecule has 0 amide bonds. The first kappa shape index (κ1) is 27.2. The number of sulfone groups is 1. The number of hydrogen-bond acceptors (Lipinski definition) is 10. The zero-order chi connectivity index (χ0) is 26.7. The molecule has 1 aliphatic carbocycles. The monoisotopic (exact) mass is 547 g/mol. The number of hydrogen-bond donors (Lipinski definition) is 5. The highest BCUT2D eigenvalue weighted by Crippen LogP contribution is 2.38. The van der Waals surface area contributed by atoms with Gasteiger partial charge in [-0.25, -0.2) is 13.4 Å². The van der Waals surface area contributed by atoms with Crippen LogP contribution in [0.25, 0.3) is 0 Å². The van der Waals surface area contributed by atoms with Crippen molar-refractivity contribution in [2.75, 3.05) is 30.8 Å². The number of halogens is 1. The third-order valence-electron chi connectivity index (χ3n) is 6.37. The second-order valence-electron chi connectivity index (χ2n) is 9.62. The molecule has 2 aromatic rings. The van der Waals surface area contributed by atoms with E-state index in [0.29, 0.717) is 5.92 Å². The quantitative estimate of drug-likeness (QED) is 0.220. The zero-order valence-electron chi connectivity index (χ0n) is 21.5. The highest BCUT2D eigenvalue weighted by Gasteiger charge is 2.28. The Labute approximate surface area is 223 Å². The zero-order valence-corrected chi connectivity index (χ0v) is 23.1. The van der Waals surface area contributed by atoms with Crippen molar-refractivity contribution >= 4 is 43.9 Å². The van der Waals surface area contributed by atoms with Crippen molar-refractivity contribution in [1.82, 2.24) is 20.6 Å². The first-order valence-electron chi connectivity index (χ1n) is 12.4. The first-order chi connectivity index (χ1) is 17.6. The first-order valence-corrected chi connectivity index (χ1v) is 14.3. The molecule has 5 N–H and O–H groups in total. The van der Waals surface area contributed by atoms with Crippen molar-refractivity contribution in [3.8, 4) is 5.75 Å². The number of aryl methyl sites for hydroxylation is 1. The van der Waals surface area contributed by atoms with Gasteiger partial charge in [-0.15, -0.1) is 0 Å². The van der Waals surface area contributed by atoms with Gasteiger partial charge in [-0.2, -0.15) is 4.98 Å². The van der Waals surface area contributed by atoms with Crippen molar-refractivity contribution in [3.05, 3.63) is 46.4 Å². The van der Waals surface area contributed by atoms with E-state index < -0.39 is 20.1 Å². The second kappa shape index (κ2) is 11.2. The standard InChI is InChI=1S/C25H34ClN7O3S/c1-14(2)37(34,35)23(27)21(13-28-4)31-24-19(26)12-30-25(33-24)32-20-9-15(3)18(16-7-8-29-11-16)10-22(20)36-17-5-6-17/h9-10,12-14,16-17,27-29H,5-8,11H2,1-4H3,(H2,30,31,32,33)/b21-13+,27-23?. The van der Waals surface area contributed by atoms with Gasteiger partial charge in [0.05, 0.1) is 28.9 Å². The van der Waals surface area contributed by atoms with Crippen LogP contribution in [0.5, 0.6) is 5.75 Å². The van der Waals surface area contributed by atoms with Gasteiger partial charge in [-0.1, -0.05) is 11.6 Å². The van der Waals surface area contributed by atoms with Crippen LogP contribution in [-0.4, -0.2) is 54.9 Å². The third-order valence-corrected chi connectivity index (χ3v) is 8.68. The largest absolute Gasteiger partial charge is 0.488 e. The smallest absolute Gasteiger partial charge is 0.229 e. The predicted molar refractivity (Wildman–Crippen MR) is 148 cm³/mol. The summed E-state index contributed by atoms with van der Waals surface area (Å²) in [4.78, 5) is 8.78. The molecule has 2 fully saturated rings. The SMILES string of the molecule is CN/C=C(/Nc1nc(Nc2cc(C)c(C3CCNC3)cc2OC2CC2)ncc1Cl)C(=N)S(=O)(=O)C(C)C. The fraction of sp³-hybridized carbons (Fsp3) is 0.480. The molecular weight excluding hydrogens is 514 g/mol. The van der Waals surface area contributed by atoms with Crippen LogP contribution in [0.2, 0.25) is 5.02 Å². The Balaban J connectivity index is 1.62. The van der Waals surface area contributed by atoms with Crippen molar-refractivity contribution in [2.24, 2.45) is 0 Å². The molecule has 200 valence electrons. The molecule has 1 saturated heterocycles. The number of ether oxygens (including phenoxy) is 1. The number of rotatable bonds is 10. The van der Waals surface area contributed by atoms with E-state index in [9.17, 15) is 8.42 Å². The predicted octanol–water partition coefficient (Wildman–Crippen LogP) is 4.07. The molecule has 1 unspecified atom stereocenters. The Morgan fingerprint density at radius 3 is 2.68 bits per heavy atom. The minimum atomic E-state index is -3.83. The van der Waals surface area contributed by atoms with Crippen molar-refractivity contribution in [1.29, 1.82) is 5.41 Å². The number of aromatic nitrogens is 2. The van der Waals surface area contributed by atoms with Crippen LogP contribution in [0.3, 0.4) is 0 Å². The Morgan fingerprint density at radius 1 is 1.30 bits per heavy atom. The van der Waals surface area contributed by atoms with Crippen molar-refractivity contribution in [3.63, 3.8) is 0 Å². The second-order valence-corrected chi connectivity index (χ2v) is 12.5. The molecule has 1 saturated carbocycles. The average Bonchev–Trinajstić information content (AvgIpc) is 3.50. The van der Waals surface area contributed by atoms with E-state index in [2.05, 4.69) is 44.2 Å². The van der Waals surface area contributed by atoms with E-state index in [-0.39, 0.29) is 28.6 Å². The molecule has 1 aromatic heterocycles. The van der Waals surface area contributed by atoms with Gasteiger partial charge in [0.25, 0.3) is 0 Å². The van der Waals surface area contributed by atoms with Gasteiger partial charge in [-0.3, -0.25) is 5.41 Å². The van der Waals surface area contributed by atoms with Crippen molar-refractivity contribution in [2.45, 2.75) is 57.3 Å². The lowest BCUT2D eigenvalue weighted by molar-refractivity contribution is 0.304. The molecule has 0 radical (unpaired) electrons. The molecule has 10 nitrogen and oxygen atoms in total. The summed E-state index contributed by atoms with van der Waals surface area (Å²) in [6, 6.07) is 4.17. The molecule has 2 aliphatic rings. The summed E-state index contributed by atoms with van der Waals surface area (Å²) >= 11 is 6.34. The summed E-state index contributed by atoms with van der Waals surface area (Å²) in [6.07, 6.45) is 6.18. The number of nitrogens with zero attached hydrogens (tertiary/aromatic N) is 2. The molecule has 0 spiro atoms. The summed E-state index contributed by atoms with van der Waals surface area (Å²) in [5.74, 6) is 1.63. The van der Waals surface area contributed by atoms with Gasteiger partial charge in [0, 0.05) is 19.8 Å². The topological polar surface area (TPSA) is 141 Å². The Hall–Kier alpha value is -2.89. The Kier molecular flexibility index (Phi) is 8.25. The molecule has 12 heteroatoms. The van der Waals surface area contributed by atoms with E-state index in [1.807, 2.05) is 6.07 Å². The van der Waals surface area contributed by atoms with Gasteiger partial charge in [0.2, 0.25) is 5.95 Å². The fourth-order valence-electron chi connectivity index (χ4n) is 4.08. The summed E-state index contributed by atoms with van der Waals surface area (Å²) in [5, 5.41) is 19.5. The average molecular weight is 548 g/mol. The van der Waals surface area contributed by atoms with Crippen LogP contribution in [0.1, 0.15) is 50.2 Å². The van der Waals surface area contributed by atoms with Gasteiger partial charge in [0.1, 0.15) is 10.8 Å². The summed E-state index contributed by atoms with van der Waals surface area (Å²) < 4.78 is 31.4. The van der Waals surface area contributed by atoms with Crippen LogP contribution >= 0.6 is 11.6 Å². The summed E-state index contributed by atoms with van der Waals surface area (Å²) in [5.41, 5.74) is 3.19. The molecule has 37 heavy (non-hydrogen) atoms. The summed E-state index contributed by atoms with van der Waals surface area (Å²) in [6.45, 7) is 7.11. The lowest BCUT2D eigenvalue weighted by atomic mass is 9.93. The molecule has 1 aliphatic heterocycles. The van der Waals surface area contributed by atoms with Gasteiger partial charge < -0.3 is 26.0 Å². The lowest BCUT2D eigenvalue weighted by Gasteiger charge is -2.19. The van der Waals surface area contributed by atoms with Gasteiger partial charge >= 0.3 is 0 Å². The van der Waals surface area contributed by atoms with Crippen LogP contribution in [0.4, 0.5) is 17.5 Å². The number of nitrogens with one attached hydrogen (secondary N) is 5. The fourth-order valence-corrected chi connectivity index (χ4v) is 5.11. The van der Waals surface area contributed by atoms with E-state index in [4.69, 9.17) is 21.7 Å². The van der Waals surface area contributed by atoms with E-state index in [1.54, 1.807) is 7.05 Å². The highest BCUT2D eigenvalue weighted by atomic mass is 35.5. The highest BCUT2D eigenvalue weighted by molar-refractivity contribution is 8.07. The molecule has 1 aromatic carbocycles. The number of benzene rings is 1. The van der Waals surface area contributed by atoms with Crippen LogP contribution in [0, 0.1) is 12.3 Å². The van der Waals surface area contributed by atoms with E-state index >= 15 is 0 Å². The maximum absolute atomic E-state index is 12.6. The minimum absolute atomic E-state index is 0.0193. The number of anilines is 3. The maximum Gasteiger partial charge on any atom is 0.229 e. The molecule has 1 atom stereocenters. The minimum Gasteiger partial charge on any atom is -0.488 e. The van der Waals surface area contributed by atoms with Crippen LogP contribution in [0.15, 0.2) is 30.2 Å². The molecule has 2 heterocycles. The molecular formula is C25H34ClN7O3S. The molecule has 4 rings (SSSR count). The van der Waals surface area contributed by atoms with Crippen molar-refractivity contribution < 1.29 is 13.2 Å². The normalized spacial score (nSPS) is 18.1. The molecule has 0 bridgehead atoms. The van der Waals surface area contributed by atoms with Gasteiger partial charge in [0.15, 0.2) is 20.7 Å². The van der Waals surface area contributed by atoms with Crippen LogP contribution < -0.4 is 26.0 Å².